The average molecular weight is 329 g/mol. The number of ether oxygens (including phenoxy) is 1. The van der Waals surface area contributed by atoms with Gasteiger partial charge in [-0.05, 0) is 31.5 Å². The number of hydrogen-bond acceptors (Lipinski definition) is 3. The van der Waals surface area contributed by atoms with Crippen molar-refractivity contribution in [2.45, 2.75) is 30.3 Å². The van der Waals surface area contributed by atoms with Gasteiger partial charge in [-0.25, -0.2) is 9.00 Å². The Morgan fingerprint density at radius 1 is 1.13 bits per heavy atom. The molecule has 2 aromatic rings. The van der Waals surface area contributed by atoms with Crippen molar-refractivity contribution < 1.29 is 13.7 Å². The molecule has 0 spiro atoms. The fourth-order valence-electron chi connectivity index (χ4n) is 2.90. The summed E-state index contributed by atoms with van der Waals surface area (Å²) in [6.07, 6.45) is 0. The number of nitrogens with zero attached hydrogens (tertiary/aromatic N) is 1. The maximum atomic E-state index is 13.0. The molecule has 0 amide bonds. The summed E-state index contributed by atoms with van der Waals surface area (Å²) in [5.74, 6) is -0.369. The number of benzene rings is 2. The molecule has 1 aliphatic rings. The summed E-state index contributed by atoms with van der Waals surface area (Å²) in [5, 5.41) is 0. The van der Waals surface area contributed by atoms with Crippen molar-refractivity contribution in [3.8, 4) is 0 Å². The molecule has 0 N–H and O–H groups in total. The minimum Gasteiger partial charge on any atom is -0.468 e. The molecule has 0 radical (unpaired) electrons. The summed E-state index contributed by atoms with van der Waals surface area (Å²) in [5.41, 5.74) is 1.15. The molecule has 0 aliphatic carbocycles. The van der Waals surface area contributed by atoms with Gasteiger partial charge in [-0.15, -0.1) is 0 Å². The van der Waals surface area contributed by atoms with Gasteiger partial charge < -0.3 is 4.74 Å². The van der Waals surface area contributed by atoms with Gasteiger partial charge >= 0.3 is 5.97 Å². The van der Waals surface area contributed by atoms with Crippen LogP contribution in [0.1, 0.15) is 24.1 Å². The molecule has 2 unspecified atom stereocenters. The van der Waals surface area contributed by atoms with E-state index < -0.39 is 16.5 Å². The van der Waals surface area contributed by atoms with Crippen molar-refractivity contribution in [3.63, 3.8) is 0 Å². The van der Waals surface area contributed by atoms with Gasteiger partial charge in [-0.3, -0.25) is 0 Å². The summed E-state index contributed by atoms with van der Waals surface area (Å²) in [4.78, 5) is 13.0. The first-order valence-electron chi connectivity index (χ1n) is 7.41. The van der Waals surface area contributed by atoms with Gasteiger partial charge in [0, 0.05) is 0 Å². The standard InChI is InChI=1S/C18H19NO3S/c1-13-9-11-15(12-10-13)23(21)19-16(14-7-5-4-6-8-14)18(19,2)17(20)22-3/h4-12,16H,1-3H3/t16-,18+,19?,23?/m0/s1. The fraction of sp³-hybridized carbons (Fsp3) is 0.278. The molecule has 5 heteroatoms. The lowest BCUT2D eigenvalue weighted by Gasteiger charge is -2.09. The Balaban J connectivity index is 1.97. The van der Waals surface area contributed by atoms with Gasteiger partial charge in [0.05, 0.1) is 18.0 Å². The van der Waals surface area contributed by atoms with Crippen LogP contribution in [-0.2, 0) is 20.5 Å². The Labute approximate surface area is 138 Å². The molecule has 1 fully saturated rings. The van der Waals surface area contributed by atoms with Gasteiger partial charge in [0.2, 0.25) is 0 Å². The Kier molecular flexibility index (Phi) is 4.08. The van der Waals surface area contributed by atoms with E-state index in [9.17, 15) is 9.00 Å². The molecule has 0 bridgehead atoms. The molecule has 2 aromatic carbocycles. The molecule has 4 atom stereocenters. The van der Waals surface area contributed by atoms with E-state index >= 15 is 0 Å². The van der Waals surface area contributed by atoms with Gasteiger partial charge in [0.1, 0.15) is 16.5 Å². The monoisotopic (exact) mass is 329 g/mol. The van der Waals surface area contributed by atoms with Crippen LogP contribution in [0, 0.1) is 6.92 Å². The molecular weight excluding hydrogens is 310 g/mol. The molecule has 1 heterocycles. The minimum absolute atomic E-state index is 0.252. The van der Waals surface area contributed by atoms with E-state index in [4.69, 9.17) is 4.74 Å². The number of rotatable bonds is 4. The van der Waals surface area contributed by atoms with Gasteiger partial charge in [0.25, 0.3) is 0 Å². The Morgan fingerprint density at radius 2 is 1.74 bits per heavy atom. The summed E-state index contributed by atoms with van der Waals surface area (Å²) in [7, 11) is -0.0599. The van der Waals surface area contributed by atoms with E-state index in [1.807, 2.05) is 61.5 Å². The van der Waals surface area contributed by atoms with Crippen LogP contribution in [0.5, 0.6) is 0 Å². The van der Waals surface area contributed by atoms with E-state index in [1.165, 1.54) is 7.11 Å². The quantitative estimate of drug-likeness (QED) is 0.640. The first-order chi connectivity index (χ1) is 11.0. The van der Waals surface area contributed by atoms with Crippen molar-refractivity contribution in [1.82, 2.24) is 4.31 Å². The highest BCUT2D eigenvalue weighted by Crippen LogP contribution is 2.55. The zero-order valence-electron chi connectivity index (χ0n) is 13.4. The van der Waals surface area contributed by atoms with Gasteiger partial charge in [-0.2, -0.15) is 4.31 Å². The molecule has 3 rings (SSSR count). The Morgan fingerprint density at radius 3 is 2.30 bits per heavy atom. The molecule has 1 aliphatic heterocycles. The molecule has 0 saturated carbocycles. The predicted octanol–water partition coefficient (Wildman–Crippen LogP) is 3.01. The SMILES string of the molecule is COC(=O)[C@@]1(C)[C@H](c2ccccc2)N1S(=O)c1ccc(C)cc1. The second kappa shape index (κ2) is 5.91. The van der Waals surface area contributed by atoms with Crippen LogP contribution in [-0.4, -0.2) is 27.1 Å². The third-order valence-corrected chi connectivity index (χ3v) is 5.90. The van der Waals surface area contributed by atoms with E-state index in [2.05, 4.69) is 0 Å². The summed E-state index contributed by atoms with van der Waals surface area (Å²) >= 11 is 0. The van der Waals surface area contributed by atoms with Crippen molar-refractivity contribution >= 4 is 17.0 Å². The van der Waals surface area contributed by atoms with Crippen molar-refractivity contribution in [1.29, 1.82) is 0 Å². The Hall–Kier alpha value is -1.98. The van der Waals surface area contributed by atoms with Crippen LogP contribution in [0.3, 0.4) is 0 Å². The number of esters is 1. The lowest BCUT2D eigenvalue weighted by atomic mass is 10.0. The second-order valence-electron chi connectivity index (χ2n) is 5.84. The smallest absolute Gasteiger partial charge is 0.329 e. The molecule has 1 saturated heterocycles. The first kappa shape index (κ1) is 15.9. The van der Waals surface area contributed by atoms with Crippen LogP contribution < -0.4 is 0 Å². The lowest BCUT2D eigenvalue weighted by Crippen LogP contribution is -2.28. The largest absolute Gasteiger partial charge is 0.468 e. The lowest BCUT2D eigenvalue weighted by molar-refractivity contribution is -0.144. The normalized spacial score (nSPS) is 27.3. The van der Waals surface area contributed by atoms with Crippen LogP contribution in [0.2, 0.25) is 0 Å². The summed E-state index contributed by atoms with van der Waals surface area (Å²) < 4.78 is 19.6. The van der Waals surface area contributed by atoms with E-state index in [1.54, 1.807) is 11.2 Å². The van der Waals surface area contributed by atoms with Crippen LogP contribution in [0.15, 0.2) is 59.5 Å². The first-order valence-corrected chi connectivity index (χ1v) is 8.52. The fourth-order valence-corrected chi connectivity index (χ4v) is 4.49. The van der Waals surface area contributed by atoms with Crippen LogP contribution in [0.4, 0.5) is 0 Å². The molecule has 120 valence electrons. The average Bonchev–Trinajstić information content (AvgIpc) is 3.22. The maximum absolute atomic E-state index is 13.0. The van der Waals surface area contributed by atoms with Crippen molar-refractivity contribution in [2.24, 2.45) is 0 Å². The minimum atomic E-state index is -1.42. The second-order valence-corrected chi connectivity index (χ2v) is 7.20. The molecule has 0 aromatic heterocycles. The topological polar surface area (TPSA) is 46.4 Å². The predicted molar refractivity (Wildman–Crippen MR) is 89.0 cm³/mol. The molecule has 4 nitrogen and oxygen atoms in total. The summed E-state index contributed by atoms with van der Waals surface area (Å²) in [6, 6.07) is 16.9. The van der Waals surface area contributed by atoms with E-state index in [-0.39, 0.29) is 12.0 Å². The highest BCUT2D eigenvalue weighted by Gasteiger charge is 2.69. The van der Waals surface area contributed by atoms with E-state index in [0.717, 1.165) is 11.1 Å². The number of carbonyl (C=O) groups excluding carboxylic acids is 1. The van der Waals surface area contributed by atoms with Crippen LogP contribution >= 0.6 is 0 Å². The zero-order valence-corrected chi connectivity index (χ0v) is 14.2. The Bertz CT molecular complexity index is 745. The number of methoxy groups -OCH3 is 1. The van der Waals surface area contributed by atoms with E-state index in [0.29, 0.717) is 4.90 Å². The number of aryl methyl sites for hydroxylation is 1. The van der Waals surface area contributed by atoms with Crippen molar-refractivity contribution in [2.75, 3.05) is 7.11 Å². The third kappa shape index (κ3) is 2.60. The summed E-state index contributed by atoms with van der Waals surface area (Å²) in [6.45, 7) is 3.76. The molecular formula is C18H19NO3S. The van der Waals surface area contributed by atoms with Gasteiger partial charge in [-0.1, -0.05) is 48.0 Å². The highest BCUT2D eigenvalue weighted by atomic mass is 32.2. The molecule has 23 heavy (non-hydrogen) atoms. The van der Waals surface area contributed by atoms with Crippen LogP contribution in [0.25, 0.3) is 0 Å². The maximum Gasteiger partial charge on any atom is 0.329 e. The number of carbonyl (C=O) groups is 1. The zero-order chi connectivity index (χ0) is 16.6. The van der Waals surface area contributed by atoms with Crippen molar-refractivity contribution in [3.05, 3.63) is 65.7 Å². The highest BCUT2D eigenvalue weighted by molar-refractivity contribution is 7.83. The third-order valence-electron chi connectivity index (χ3n) is 4.27. The van der Waals surface area contributed by atoms with Gasteiger partial charge in [0.15, 0.2) is 0 Å². The number of hydrogen-bond donors (Lipinski definition) is 0.